The molecule has 9 heteroatoms. The first-order chi connectivity index (χ1) is 18.0. The van der Waals surface area contributed by atoms with Crippen LogP contribution in [0.15, 0.2) is 67.3 Å². The van der Waals surface area contributed by atoms with E-state index in [1.54, 1.807) is 4.68 Å². The van der Waals surface area contributed by atoms with Crippen LogP contribution in [0.3, 0.4) is 0 Å². The number of rotatable bonds is 6. The number of carbonyl (C=O) groups excluding carboxylic acids is 2. The number of carbonyl (C=O) groups is 2. The van der Waals surface area contributed by atoms with Gasteiger partial charge in [0.25, 0.3) is 5.91 Å². The maximum absolute atomic E-state index is 12.6. The van der Waals surface area contributed by atoms with E-state index in [2.05, 4.69) is 16.8 Å². The Morgan fingerprint density at radius 2 is 1.73 bits per heavy atom. The summed E-state index contributed by atoms with van der Waals surface area (Å²) in [5.41, 5.74) is 8.48. The van der Waals surface area contributed by atoms with Crippen LogP contribution in [-0.4, -0.2) is 63.1 Å². The van der Waals surface area contributed by atoms with E-state index in [0.29, 0.717) is 23.7 Å². The van der Waals surface area contributed by atoms with Crippen molar-refractivity contribution in [2.75, 3.05) is 25.0 Å². The summed E-state index contributed by atoms with van der Waals surface area (Å²) in [5.74, 6) is 0.903. The lowest BCUT2D eigenvalue weighted by molar-refractivity contribution is -0.138. The second-order valence-corrected chi connectivity index (χ2v) is 9.80. The van der Waals surface area contributed by atoms with Gasteiger partial charge in [-0.15, -0.1) is 0 Å². The molecule has 1 unspecified atom stereocenters. The van der Waals surface area contributed by atoms with Crippen LogP contribution in [0, 0.1) is 0 Å². The van der Waals surface area contributed by atoms with Crippen LogP contribution in [0.5, 0.6) is 11.5 Å². The van der Waals surface area contributed by atoms with Gasteiger partial charge >= 0.3 is 0 Å². The maximum atomic E-state index is 12.6. The predicted octanol–water partition coefficient (Wildman–Crippen LogP) is 3.48. The van der Waals surface area contributed by atoms with Crippen LogP contribution >= 0.6 is 0 Å². The molecule has 1 aromatic heterocycles. The summed E-state index contributed by atoms with van der Waals surface area (Å²) in [6, 6.07) is 17.5. The summed E-state index contributed by atoms with van der Waals surface area (Å²) in [5, 5.41) is 8.32. The Morgan fingerprint density at radius 1 is 1.00 bits per heavy atom. The van der Waals surface area contributed by atoms with Crippen molar-refractivity contribution in [2.24, 2.45) is 5.73 Å². The Morgan fingerprint density at radius 3 is 2.41 bits per heavy atom. The molecule has 0 radical (unpaired) electrons. The first-order valence-corrected chi connectivity index (χ1v) is 12.7. The number of nitrogens with zero attached hydrogens (tertiary/aromatic N) is 4. The fourth-order valence-corrected chi connectivity index (χ4v) is 5.96. The zero-order valence-electron chi connectivity index (χ0n) is 20.5. The number of amides is 2. The van der Waals surface area contributed by atoms with Gasteiger partial charge in [-0.1, -0.05) is 24.8 Å². The molecule has 190 valence electrons. The molecule has 0 spiro atoms. The van der Waals surface area contributed by atoms with Crippen molar-refractivity contribution < 1.29 is 14.3 Å². The van der Waals surface area contributed by atoms with E-state index in [9.17, 15) is 9.59 Å². The van der Waals surface area contributed by atoms with Gasteiger partial charge in [0.2, 0.25) is 5.91 Å². The molecule has 3 aromatic rings. The normalized spacial score (nSPS) is 22.7. The molecule has 2 aromatic carbocycles. The van der Waals surface area contributed by atoms with Crippen molar-refractivity contribution in [3.63, 3.8) is 0 Å². The summed E-state index contributed by atoms with van der Waals surface area (Å²) in [7, 11) is 0. The third-order valence-electron chi connectivity index (χ3n) is 7.67. The highest BCUT2D eigenvalue weighted by Gasteiger charge is 2.45. The maximum Gasteiger partial charge on any atom is 0.269 e. The molecule has 0 saturated carbocycles. The highest BCUT2D eigenvalue weighted by atomic mass is 16.5. The van der Waals surface area contributed by atoms with E-state index in [0.717, 1.165) is 49.5 Å². The third-order valence-corrected chi connectivity index (χ3v) is 7.67. The molecule has 9 nitrogen and oxygen atoms in total. The summed E-state index contributed by atoms with van der Waals surface area (Å²) >= 11 is 0. The van der Waals surface area contributed by atoms with Crippen LogP contribution in [0.4, 0.5) is 5.69 Å². The van der Waals surface area contributed by atoms with E-state index >= 15 is 0 Å². The molecule has 5 heterocycles. The second kappa shape index (κ2) is 9.40. The number of fused-ring (bicyclic) bond motifs is 4. The average molecular weight is 499 g/mol. The number of nitrogens with two attached hydrogens (primary N) is 1. The molecular weight excluding hydrogens is 468 g/mol. The minimum atomic E-state index is -0.533. The molecule has 3 atom stereocenters. The molecule has 3 fully saturated rings. The number of piperazine rings is 1. The number of para-hydroxylation sites is 1. The average Bonchev–Trinajstić information content (AvgIpc) is 3.34. The standard InChI is InChI=1S/C28H30N6O3/c1-2-24(35)33-17-19-8-9-20(33)16-32(19)23-14-15-30-26-25(23)31-34(27(26)28(29)36)18-10-12-22(13-11-18)37-21-6-4-3-5-7-21/h2-7,10-13,19-20,23,30H,1,8-9,14-17H2,(H2,29,36)/t19-,20-,23?/m0/s1. The summed E-state index contributed by atoms with van der Waals surface area (Å²) in [6.07, 6.45) is 4.31. The monoisotopic (exact) mass is 498 g/mol. The smallest absolute Gasteiger partial charge is 0.269 e. The van der Waals surface area contributed by atoms with Crippen LogP contribution in [0.2, 0.25) is 0 Å². The van der Waals surface area contributed by atoms with Gasteiger partial charge in [-0.05, 0) is 61.7 Å². The lowest BCUT2D eigenvalue weighted by Gasteiger charge is -2.54. The summed E-state index contributed by atoms with van der Waals surface area (Å²) in [4.78, 5) is 29.4. The van der Waals surface area contributed by atoms with Crippen molar-refractivity contribution in [2.45, 2.75) is 37.4 Å². The van der Waals surface area contributed by atoms with Gasteiger partial charge in [-0.3, -0.25) is 14.5 Å². The number of ether oxygens (including phenoxy) is 1. The minimum absolute atomic E-state index is 0.000309. The SMILES string of the molecule is C=CC(=O)N1C[C@@H]2CC[C@H]1CN2C1CCNc2c1nn(-c1ccc(Oc3ccccc3)cc1)c2C(N)=O. The van der Waals surface area contributed by atoms with Crippen molar-refractivity contribution in [3.8, 4) is 17.2 Å². The van der Waals surface area contributed by atoms with E-state index < -0.39 is 5.91 Å². The third kappa shape index (κ3) is 4.15. The highest BCUT2D eigenvalue weighted by Crippen LogP contribution is 2.42. The molecule has 3 saturated heterocycles. The lowest BCUT2D eigenvalue weighted by Crippen LogP contribution is -2.64. The molecule has 4 aliphatic heterocycles. The van der Waals surface area contributed by atoms with Crippen LogP contribution in [0.1, 0.15) is 41.5 Å². The summed E-state index contributed by atoms with van der Waals surface area (Å²) in [6.45, 7) is 5.87. The number of primary amides is 1. The number of benzene rings is 2. The molecule has 3 N–H and O–H groups in total. The number of anilines is 1. The topological polar surface area (TPSA) is 106 Å². The first-order valence-electron chi connectivity index (χ1n) is 12.7. The quantitative estimate of drug-likeness (QED) is 0.504. The lowest BCUT2D eigenvalue weighted by atomic mass is 9.87. The minimum Gasteiger partial charge on any atom is -0.457 e. The van der Waals surface area contributed by atoms with Gasteiger partial charge in [0.05, 0.1) is 17.4 Å². The Hall–Kier alpha value is -4.11. The van der Waals surface area contributed by atoms with Crippen LogP contribution < -0.4 is 15.8 Å². The predicted molar refractivity (Wildman–Crippen MR) is 140 cm³/mol. The van der Waals surface area contributed by atoms with E-state index in [1.165, 1.54) is 6.08 Å². The van der Waals surface area contributed by atoms with Crippen LogP contribution in [-0.2, 0) is 4.79 Å². The zero-order chi connectivity index (χ0) is 25.5. The van der Waals surface area contributed by atoms with E-state index in [1.807, 2.05) is 59.5 Å². The van der Waals surface area contributed by atoms with Gasteiger partial charge < -0.3 is 20.7 Å². The van der Waals surface area contributed by atoms with Crippen LogP contribution in [0.25, 0.3) is 5.69 Å². The molecule has 37 heavy (non-hydrogen) atoms. The molecular formula is C28H30N6O3. The van der Waals surface area contributed by atoms with Crippen molar-refractivity contribution in [3.05, 3.63) is 78.6 Å². The molecule has 4 aliphatic rings. The van der Waals surface area contributed by atoms with Gasteiger partial charge in [-0.2, -0.15) is 5.10 Å². The molecule has 2 amide bonds. The number of aromatic nitrogens is 2. The van der Waals surface area contributed by atoms with E-state index in [4.69, 9.17) is 15.6 Å². The fraction of sp³-hybridized carbons (Fsp3) is 0.321. The molecule has 2 bridgehead atoms. The largest absolute Gasteiger partial charge is 0.457 e. The van der Waals surface area contributed by atoms with Gasteiger partial charge in [0.1, 0.15) is 17.2 Å². The summed E-state index contributed by atoms with van der Waals surface area (Å²) < 4.78 is 7.55. The second-order valence-electron chi connectivity index (χ2n) is 9.80. The van der Waals surface area contributed by atoms with Gasteiger partial charge in [-0.25, -0.2) is 4.68 Å². The number of hydrogen-bond donors (Lipinski definition) is 2. The van der Waals surface area contributed by atoms with Crippen molar-refractivity contribution in [1.29, 1.82) is 0 Å². The Kier molecular flexibility index (Phi) is 5.92. The Bertz CT molecular complexity index is 1340. The first kappa shape index (κ1) is 23.3. The van der Waals surface area contributed by atoms with Gasteiger partial charge in [0.15, 0.2) is 5.69 Å². The molecule has 0 aliphatic carbocycles. The number of nitrogens with one attached hydrogen (secondary N) is 1. The van der Waals surface area contributed by atoms with Crippen molar-refractivity contribution >= 4 is 17.5 Å². The Labute approximate surface area is 215 Å². The number of hydrogen-bond acceptors (Lipinski definition) is 6. The van der Waals surface area contributed by atoms with Crippen molar-refractivity contribution in [1.82, 2.24) is 19.6 Å². The number of piperidine rings is 2. The molecule has 7 rings (SSSR count). The highest BCUT2D eigenvalue weighted by molar-refractivity contribution is 5.98. The fourth-order valence-electron chi connectivity index (χ4n) is 5.96. The van der Waals surface area contributed by atoms with Gasteiger partial charge in [0, 0.05) is 31.7 Å². The Balaban J connectivity index is 1.30. The van der Waals surface area contributed by atoms with E-state index in [-0.39, 0.29) is 24.0 Å². The zero-order valence-corrected chi connectivity index (χ0v) is 20.5.